The number of aromatic amines is 2. The summed E-state index contributed by atoms with van der Waals surface area (Å²) < 4.78 is 24.6. The number of H-pyrrole nitrogens is 2. The summed E-state index contributed by atoms with van der Waals surface area (Å²) in [5.74, 6) is 1.19. The molecule has 3 aromatic carbocycles. The van der Waals surface area contributed by atoms with Crippen LogP contribution in [0.4, 0.5) is 0 Å². The third-order valence-electron chi connectivity index (χ3n) is 13.5. The van der Waals surface area contributed by atoms with Crippen molar-refractivity contribution in [2.24, 2.45) is 0 Å². The van der Waals surface area contributed by atoms with Crippen molar-refractivity contribution in [2.75, 3.05) is 34.9 Å². The van der Waals surface area contributed by atoms with E-state index in [1.807, 2.05) is 85.8 Å². The van der Waals surface area contributed by atoms with Gasteiger partial charge in [-0.2, -0.15) is 0 Å². The van der Waals surface area contributed by atoms with E-state index in [0.717, 1.165) is 32.8 Å². The molecule has 2 amide bonds. The second-order valence-electron chi connectivity index (χ2n) is 17.3. The number of alkyl halides is 1. The molecule has 4 fully saturated rings. The van der Waals surface area contributed by atoms with Gasteiger partial charge in [0, 0.05) is 37.6 Å². The topological polar surface area (TPSA) is 248 Å². The van der Waals surface area contributed by atoms with Crippen LogP contribution in [0, 0.1) is 13.8 Å². The minimum absolute atomic E-state index is 0.0747. The predicted octanol–water partition coefficient (Wildman–Crippen LogP) is 2.05. The number of methoxy groups -OCH3 is 2. The molecule has 6 heterocycles. The highest BCUT2D eigenvalue weighted by Crippen LogP contribution is 2.48. The van der Waals surface area contributed by atoms with Gasteiger partial charge in [-0.25, -0.2) is 9.59 Å². The third-order valence-corrected chi connectivity index (χ3v) is 14.1. The summed E-state index contributed by atoms with van der Waals surface area (Å²) in [5, 5.41) is 30.6. The second-order valence-corrected chi connectivity index (χ2v) is 17.9. The van der Waals surface area contributed by atoms with Gasteiger partial charge >= 0.3 is 11.4 Å². The van der Waals surface area contributed by atoms with E-state index in [-0.39, 0.29) is 24.7 Å². The summed E-state index contributed by atoms with van der Waals surface area (Å²) in [4.78, 5) is 77.6. The first-order chi connectivity index (χ1) is 32.3. The number of aliphatic hydroxyl groups is 3. The van der Waals surface area contributed by atoms with E-state index in [1.54, 1.807) is 28.2 Å². The number of likely N-dealkylation sites (tertiary alicyclic amines) is 2. The Bertz CT molecular complexity index is 2710. The molecule has 19 nitrogen and oxygen atoms in total. The van der Waals surface area contributed by atoms with Gasteiger partial charge in [0.2, 0.25) is 11.8 Å². The molecule has 5 N–H and O–H groups in total. The number of fused-ring (bicyclic) bond motifs is 4. The Morgan fingerprint density at radius 2 is 1.04 bits per heavy atom. The fraction of sp³-hybridized carbons (Fsp3) is 0.417. The van der Waals surface area contributed by atoms with Crippen LogP contribution in [0.2, 0.25) is 0 Å². The van der Waals surface area contributed by atoms with Gasteiger partial charge < -0.3 is 44.1 Å². The first kappa shape index (κ1) is 49.6. The number of benzene rings is 3. The number of aliphatic hydroxyl groups excluding tert-OH is 3. The van der Waals surface area contributed by atoms with E-state index in [2.05, 4.69) is 9.97 Å². The molecule has 4 bridgehead atoms. The van der Waals surface area contributed by atoms with Crippen LogP contribution in [-0.2, 0) is 23.9 Å². The fourth-order valence-electron chi connectivity index (χ4n) is 9.29. The van der Waals surface area contributed by atoms with Crippen molar-refractivity contribution in [3.05, 3.63) is 161 Å². The van der Waals surface area contributed by atoms with Crippen molar-refractivity contribution in [1.29, 1.82) is 0 Å². The standard InChI is InChI=1S/C21H19ClO2.C14H19N3O5.C13H17N3O6/c1-23-19-12-8-17(9-13-19)21(22,16-6-4-3-5-7-16)18-10-14-20(24-2)15-11-18;1-4-14-5-8(18)16(3)9(10(14)19)12(22-14)17-6-7(2)11(20)15-13(17)21;1-6-4-16(12(21)14-10(6)20)11-8-9(19)13(5-17,22-11)3-7(18)15(8)2/h3-15H,1-2H3;6,9-10,12,19H,4-5H2,1-3H3,(H,15,20,21);4,8-9,11,17,19H,3,5H2,1-2H3,(H,14,20,21)/t;9-,10?,12+,14-;8-,9?,11+,13+/m.00/s1. The number of carbonyl (C=O) groups is 2. The van der Waals surface area contributed by atoms with Gasteiger partial charge in [-0.15, -0.1) is 11.6 Å². The molecule has 2 aromatic heterocycles. The highest BCUT2D eigenvalue weighted by molar-refractivity contribution is 6.28. The van der Waals surface area contributed by atoms with Gasteiger partial charge in [0.1, 0.15) is 51.9 Å². The van der Waals surface area contributed by atoms with E-state index in [9.17, 15) is 44.1 Å². The highest BCUT2D eigenvalue weighted by Gasteiger charge is 2.63. The van der Waals surface area contributed by atoms with Crippen LogP contribution in [0.5, 0.6) is 11.5 Å². The first-order valence-corrected chi connectivity index (χ1v) is 22.2. The number of rotatable bonds is 9. The van der Waals surface area contributed by atoms with E-state index >= 15 is 0 Å². The van der Waals surface area contributed by atoms with E-state index in [1.165, 1.54) is 40.7 Å². The molecule has 0 saturated carbocycles. The number of hydrogen-bond acceptors (Lipinski definition) is 13. The minimum atomic E-state index is -1.43. The molecule has 20 heteroatoms. The Labute approximate surface area is 395 Å². The zero-order valence-corrected chi connectivity index (χ0v) is 39.3. The summed E-state index contributed by atoms with van der Waals surface area (Å²) >= 11 is 7.22. The molecular weight excluding hydrogens is 904 g/mol. The quantitative estimate of drug-likeness (QED) is 0.105. The SMILES string of the molecule is CC[C@]12CC(=O)N(C)[C@@H](C1O)[C@H](n1cc(C)c(=O)[nH]c1=O)O2.COc1ccc(C(Cl)(c2ccccc2)c2ccc(OC)cc2)cc1.Cc1cn([C@@H]2O[C@@]3(CO)CC(=O)N(C)[C@H]2C3O)c(=O)[nH]c1=O. The smallest absolute Gasteiger partial charge is 0.330 e. The van der Waals surface area contributed by atoms with Crippen LogP contribution < -0.4 is 32.0 Å². The van der Waals surface area contributed by atoms with E-state index in [0.29, 0.717) is 17.5 Å². The maximum atomic E-state index is 12.1. The third kappa shape index (κ3) is 8.69. The molecule has 8 atom stereocenters. The van der Waals surface area contributed by atoms with Gasteiger partial charge in [-0.05, 0) is 61.2 Å². The molecule has 68 heavy (non-hydrogen) atoms. The zero-order chi connectivity index (χ0) is 49.5. The van der Waals surface area contributed by atoms with Crippen LogP contribution in [-0.4, -0.2) is 126 Å². The first-order valence-electron chi connectivity index (χ1n) is 21.8. The molecule has 0 radical (unpaired) electrons. The number of piperidine rings is 2. The number of hydrogen-bond donors (Lipinski definition) is 5. The second kappa shape index (κ2) is 19.3. The molecule has 9 rings (SSSR count). The fourth-order valence-corrected chi connectivity index (χ4v) is 9.67. The van der Waals surface area contributed by atoms with Crippen molar-refractivity contribution in [1.82, 2.24) is 28.9 Å². The van der Waals surface area contributed by atoms with Crippen molar-refractivity contribution in [3.8, 4) is 11.5 Å². The number of nitrogens with zero attached hydrogens (tertiary/aromatic N) is 4. The monoisotopic (exact) mass is 958 g/mol. The highest BCUT2D eigenvalue weighted by atomic mass is 35.5. The summed E-state index contributed by atoms with van der Waals surface area (Å²) in [5.41, 5.74) is -1.05. The number of aromatic nitrogens is 4. The lowest BCUT2D eigenvalue weighted by Crippen LogP contribution is -2.59. The number of amides is 2. The Hall–Kier alpha value is -6.35. The lowest BCUT2D eigenvalue weighted by molar-refractivity contribution is -0.158. The molecule has 4 aliphatic heterocycles. The van der Waals surface area contributed by atoms with Gasteiger partial charge in [0.05, 0.1) is 33.7 Å². The van der Waals surface area contributed by atoms with Gasteiger partial charge in [0.15, 0.2) is 12.5 Å². The average molecular weight is 959 g/mol. The predicted molar refractivity (Wildman–Crippen MR) is 248 cm³/mol. The summed E-state index contributed by atoms with van der Waals surface area (Å²) in [6.07, 6.45) is -0.748. The summed E-state index contributed by atoms with van der Waals surface area (Å²) in [6.45, 7) is 4.40. The number of nitrogens with one attached hydrogen (secondary N) is 2. The maximum absolute atomic E-state index is 12.1. The molecule has 4 saturated heterocycles. The number of ether oxygens (including phenoxy) is 4. The lowest BCUT2D eigenvalue weighted by Gasteiger charge is -2.39. The van der Waals surface area contributed by atoms with Crippen molar-refractivity contribution in [3.63, 3.8) is 0 Å². The van der Waals surface area contributed by atoms with Crippen LogP contribution in [0.1, 0.15) is 66.5 Å². The molecule has 5 aromatic rings. The molecule has 4 aliphatic rings. The van der Waals surface area contributed by atoms with Crippen LogP contribution in [0.15, 0.2) is 110 Å². The Morgan fingerprint density at radius 3 is 1.44 bits per heavy atom. The van der Waals surface area contributed by atoms with Gasteiger partial charge in [-0.1, -0.05) is 61.5 Å². The average Bonchev–Trinajstić information content (AvgIpc) is 3.70. The summed E-state index contributed by atoms with van der Waals surface area (Å²) in [7, 11) is 6.40. The molecular formula is C48H55ClN6O13. The van der Waals surface area contributed by atoms with Gasteiger partial charge in [0.25, 0.3) is 11.1 Å². The molecule has 362 valence electrons. The van der Waals surface area contributed by atoms with Crippen molar-refractivity contribution < 1.29 is 43.9 Å². The minimum Gasteiger partial charge on any atom is -0.497 e. The van der Waals surface area contributed by atoms with Crippen molar-refractivity contribution in [2.45, 2.75) is 92.9 Å². The molecule has 0 aliphatic carbocycles. The number of aryl methyl sites for hydroxylation is 2. The normalized spacial score (nSPS) is 26.1. The Morgan fingerprint density at radius 1 is 0.662 bits per heavy atom. The van der Waals surface area contributed by atoms with Crippen molar-refractivity contribution >= 4 is 23.4 Å². The van der Waals surface area contributed by atoms with Crippen LogP contribution in [0.3, 0.4) is 0 Å². The van der Waals surface area contributed by atoms with Gasteiger partial charge in [-0.3, -0.25) is 38.3 Å². The number of halogens is 1. The van der Waals surface area contributed by atoms with Crippen LogP contribution >= 0.6 is 11.6 Å². The largest absolute Gasteiger partial charge is 0.497 e. The number of likely N-dealkylation sites (N-methyl/N-ethyl adjacent to an activating group) is 2. The molecule has 0 spiro atoms. The zero-order valence-electron chi connectivity index (χ0n) is 38.5. The molecule has 2 unspecified atom stereocenters. The van der Waals surface area contributed by atoms with E-state index < -0.39 is 81.9 Å². The summed E-state index contributed by atoms with van der Waals surface area (Å²) in [6, 6.07) is 24.3. The maximum Gasteiger partial charge on any atom is 0.330 e. The Balaban J connectivity index is 0.000000151. The van der Waals surface area contributed by atoms with Crippen LogP contribution in [0.25, 0.3) is 0 Å². The van der Waals surface area contributed by atoms with E-state index in [4.69, 9.17) is 30.5 Å². The number of carbonyl (C=O) groups excluding carboxylic acids is 2. The Kier molecular flexibility index (Phi) is 14.1. The lowest BCUT2D eigenvalue weighted by atomic mass is 9.83.